The van der Waals surface area contributed by atoms with Crippen LogP contribution >= 0.6 is 0 Å². The average Bonchev–Trinajstić information content (AvgIpc) is 2.44. The minimum Gasteiger partial charge on any atom is -0.0651 e. The van der Waals surface area contributed by atoms with Crippen molar-refractivity contribution in [1.82, 2.24) is 0 Å². The Hall–Kier alpha value is 0. The molecule has 0 radical (unpaired) electrons. The number of hydrogen-bond acceptors (Lipinski definition) is 0. The van der Waals surface area contributed by atoms with E-state index in [9.17, 15) is 0 Å². The summed E-state index contributed by atoms with van der Waals surface area (Å²) in [6, 6.07) is 0. The van der Waals surface area contributed by atoms with Gasteiger partial charge in [0.25, 0.3) is 0 Å². The predicted octanol–water partition coefficient (Wildman–Crippen LogP) is 3.08. The van der Waals surface area contributed by atoms with Crippen LogP contribution in [0.1, 0.15) is 39.5 Å². The van der Waals surface area contributed by atoms with E-state index >= 15 is 0 Å². The van der Waals surface area contributed by atoms with Gasteiger partial charge >= 0.3 is 0 Å². The first-order valence-corrected chi connectivity index (χ1v) is 4.81. The molecule has 0 aliphatic heterocycles. The zero-order chi connectivity index (χ0) is 7.14. The zero-order valence-electron chi connectivity index (χ0n) is 7.14. The van der Waals surface area contributed by atoms with Gasteiger partial charge in [0.15, 0.2) is 0 Å². The fourth-order valence-electron chi connectivity index (χ4n) is 3.34. The van der Waals surface area contributed by atoms with Crippen LogP contribution in [0.25, 0.3) is 0 Å². The quantitative estimate of drug-likeness (QED) is 0.522. The van der Waals surface area contributed by atoms with Crippen molar-refractivity contribution in [2.45, 2.75) is 39.5 Å². The van der Waals surface area contributed by atoms with Crippen LogP contribution in [0, 0.1) is 23.7 Å². The Bertz CT molecular complexity index is 126. The highest BCUT2D eigenvalue weighted by atomic mass is 14.5. The molecule has 0 amide bonds. The van der Waals surface area contributed by atoms with Crippen LogP contribution < -0.4 is 0 Å². The van der Waals surface area contributed by atoms with Crippen LogP contribution in [-0.4, -0.2) is 0 Å². The molecule has 2 unspecified atom stereocenters. The van der Waals surface area contributed by atoms with Gasteiger partial charge in [0, 0.05) is 0 Å². The van der Waals surface area contributed by atoms with Crippen LogP contribution in [0.4, 0.5) is 0 Å². The van der Waals surface area contributed by atoms with Crippen molar-refractivity contribution in [3.8, 4) is 0 Å². The van der Waals surface area contributed by atoms with E-state index in [4.69, 9.17) is 0 Å². The molecule has 2 bridgehead atoms. The molecule has 2 fully saturated rings. The zero-order valence-corrected chi connectivity index (χ0v) is 7.14. The molecule has 0 aromatic rings. The van der Waals surface area contributed by atoms with Crippen LogP contribution in [0.2, 0.25) is 0 Å². The lowest BCUT2D eigenvalue weighted by atomic mass is 9.80. The first-order chi connectivity index (χ1) is 4.81. The van der Waals surface area contributed by atoms with Crippen molar-refractivity contribution in [1.29, 1.82) is 0 Å². The minimum absolute atomic E-state index is 1.06. The van der Waals surface area contributed by atoms with Crippen LogP contribution in [-0.2, 0) is 0 Å². The summed E-state index contributed by atoms with van der Waals surface area (Å²) in [4.78, 5) is 0. The van der Waals surface area contributed by atoms with E-state index in [2.05, 4.69) is 13.8 Å². The smallest absolute Gasteiger partial charge is 0.0357 e. The Morgan fingerprint density at radius 3 is 2.40 bits per heavy atom. The summed E-state index contributed by atoms with van der Waals surface area (Å²) in [6.07, 6.45) is 6.11. The van der Waals surface area contributed by atoms with E-state index in [1.165, 1.54) is 6.42 Å². The Morgan fingerprint density at radius 1 is 1.20 bits per heavy atom. The van der Waals surface area contributed by atoms with Crippen LogP contribution in [0.15, 0.2) is 0 Å². The van der Waals surface area contributed by atoms with Gasteiger partial charge in [-0.1, -0.05) is 20.3 Å². The summed E-state index contributed by atoms with van der Waals surface area (Å²) in [6.45, 7) is 4.81. The molecule has 0 saturated heterocycles. The summed E-state index contributed by atoms with van der Waals surface area (Å²) >= 11 is 0. The lowest BCUT2D eigenvalue weighted by Gasteiger charge is -2.25. The third-order valence-electron chi connectivity index (χ3n) is 3.81. The van der Waals surface area contributed by atoms with Crippen molar-refractivity contribution in [3.05, 3.63) is 0 Å². The second-order valence-electron chi connectivity index (χ2n) is 4.38. The molecule has 0 N–H and O–H groups in total. The van der Waals surface area contributed by atoms with Gasteiger partial charge in [0.2, 0.25) is 0 Å². The summed E-state index contributed by atoms with van der Waals surface area (Å²) in [5.74, 6) is 4.41. The summed E-state index contributed by atoms with van der Waals surface area (Å²) in [5.41, 5.74) is 0. The summed E-state index contributed by atoms with van der Waals surface area (Å²) in [5, 5.41) is 0. The second kappa shape index (κ2) is 2.25. The molecule has 2 rings (SSSR count). The maximum Gasteiger partial charge on any atom is -0.0357 e. The topological polar surface area (TPSA) is 0 Å². The molecule has 0 heteroatoms. The van der Waals surface area contributed by atoms with E-state index in [0.717, 1.165) is 23.7 Å². The Morgan fingerprint density at radius 2 is 2.00 bits per heavy atom. The van der Waals surface area contributed by atoms with Gasteiger partial charge in [-0.2, -0.15) is 0 Å². The highest BCUT2D eigenvalue weighted by Gasteiger charge is 2.42. The Kier molecular flexibility index (Phi) is 1.51. The molecule has 58 valence electrons. The third kappa shape index (κ3) is 0.810. The van der Waals surface area contributed by atoms with Crippen LogP contribution in [0.5, 0.6) is 0 Å². The molecule has 0 aromatic carbocycles. The highest BCUT2D eigenvalue weighted by Crippen LogP contribution is 2.52. The van der Waals surface area contributed by atoms with Crippen molar-refractivity contribution in [3.63, 3.8) is 0 Å². The van der Waals surface area contributed by atoms with E-state index in [1.54, 1.807) is 19.3 Å². The number of fused-ring (bicyclic) bond motifs is 2. The van der Waals surface area contributed by atoms with Crippen molar-refractivity contribution >= 4 is 0 Å². The van der Waals surface area contributed by atoms with Gasteiger partial charge in [-0.15, -0.1) is 0 Å². The summed E-state index contributed by atoms with van der Waals surface area (Å²) in [7, 11) is 0. The molecule has 0 aromatic heterocycles. The normalized spacial score (nSPS) is 52.2. The molecule has 4 atom stereocenters. The van der Waals surface area contributed by atoms with Crippen molar-refractivity contribution < 1.29 is 0 Å². The Balaban J connectivity index is 2.06. The third-order valence-corrected chi connectivity index (χ3v) is 3.81. The first-order valence-electron chi connectivity index (χ1n) is 4.81. The highest BCUT2D eigenvalue weighted by molar-refractivity contribution is 4.92. The van der Waals surface area contributed by atoms with E-state index < -0.39 is 0 Å². The van der Waals surface area contributed by atoms with Gasteiger partial charge in [0.05, 0.1) is 0 Å². The molecule has 2 aliphatic rings. The average molecular weight is 138 g/mol. The largest absolute Gasteiger partial charge is 0.0651 e. The molecule has 2 aliphatic carbocycles. The van der Waals surface area contributed by atoms with Gasteiger partial charge in [0.1, 0.15) is 0 Å². The number of rotatable bonds is 1. The summed E-state index contributed by atoms with van der Waals surface area (Å²) < 4.78 is 0. The van der Waals surface area contributed by atoms with Crippen LogP contribution in [0.3, 0.4) is 0 Å². The molecular formula is C10H18. The maximum atomic E-state index is 2.45. The molecule has 0 spiro atoms. The van der Waals surface area contributed by atoms with E-state index in [-0.39, 0.29) is 0 Å². The van der Waals surface area contributed by atoms with Gasteiger partial charge in [-0.25, -0.2) is 0 Å². The van der Waals surface area contributed by atoms with Gasteiger partial charge < -0.3 is 0 Å². The van der Waals surface area contributed by atoms with E-state index in [0.29, 0.717) is 0 Å². The SMILES string of the molecule is CCC1CC2C[C@H](C)[C@H]1C2. The second-order valence-corrected chi connectivity index (χ2v) is 4.38. The molecule has 0 nitrogen and oxygen atoms in total. The Labute approximate surface area is 64.0 Å². The monoisotopic (exact) mass is 138 g/mol. The fourth-order valence-corrected chi connectivity index (χ4v) is 3.34. The van der Waals surface area contributed by atoms with Gasteiger partial charge in [-0.3, -0.25) is 0 Å². The minimum atomic E-state index is 1.06. The lowest BCUT2D eigenvalue weighted by Crippen LogP contribution is -2.16. The van der Waals surface area contributed by atoms with Crippen molar-refractivity contribution in [2.75, 3.05) is 0 Å². The molecule has 10 heavy (non-hydrogen) atoms. The van der Waals surface area contributed by atoms with Crippen molar-refractivity contribution in [2.24, 2.45) is 23.7 Å². The standard InChI is InChI=1S/C10H18/c1-3-9-5-8-4-7(2)10(9)6-8/h7-10H,3-6H2,1-2H3/t7-,8?,9?,10+/m0/s1. The van der Waals surface area contributed by atoms with Gasteiger partial charge in [-0.05, 0) is 42.9 Å². The predicted molar refractivity (Wildman–Crippen MR) is 43.8 cm³/mol. The lowest BCUT2D eigenvalue weighted by molar-refractivity contribution is 0.248. The fraction of sp³-hybridized carbons (Fsp3) is 1.00. The molecule has 2 saturated carbocycles. The van der Waals surface area contributed by atoms with E-state index in [1.807, 2.05) is 0 Å². The first kappa shape index (κ1) is 6.69. The number of hydrogen-bond donors (Lipinski definition) is 0. The molecular weight excluding hydrogens is 120 g/mol. The maximum absolute atomic E-state index is 2.45. The molecule has 0 heterocycles.